The highest BCUT2D eigenvalue weighted by molar-refractivity contribution is 7.00. The van der Waals surface area contributed by atoms with Gasteiger partial charge in [0.2, 0.25) is 0 Å². The van der Waals surface area contributed by atoms with Crippen LogP contribution >= 0.6 is 9.12 Å². The maximum atomic E-state index is 8.06. The van der Waals surface area contributed by atoms with E-state index >= 15 is 0 Å². The van der Waals surface area contributed by atoms with Crippen molar-refractivity contribution < 1.29 is 9.30 Å². The third-order valence-electron chi connectivity index (χ3n) is 2.98. The second-order valence-corrected chi connectivity index (χ2v) is 4.05. The van der Waals surface area contributed by atoms with Crippen LogP contribution in [0.5, 0.6) is 11.5 Å². The van der Waals surface area contributed by atoms with Crippen LogP contribution in [0.25, 0.3) is 0 Å². The summed E-state index contributed by atoms with van der Waals surface area (Å²) in [6.07, 6.45) is 0. The summed E-state index contributed by atoms with van der Waals surface area (Å²) >= 11 is 0. The van der Waals surface area contributed by atoms with Gasteiger partial charge in [-0.25, -0.2) is 0 Å². The van der Waals surface area contributed by atoms with Crippen molar-refractivity contribution in [1.29, 1.82) is 0 Å². The molecule has 3 heteroatoms. The molecular weight excluding hydrogens is 243 g/mol. The van der Waals surface area contributed by atoms with Gasteiger partial charge in [-0.15, -0.1) is 0 Å². The summed E-state index contributed by atoms with van der Waals surface area (Å²) in [5, 5.41) is 0. The number of hydrogen-bond acceptors (Lipinski definition) is 2. The lowest BCUT2D eigenvalue weighted by Gasteiger charge is -2.12. The predicted molar refractivity (Wildman–Crippen MR) is 76.2 cm³/mol. The number of benzene rings is 2. The highest BCUT2D eigenvalue weighted by Gasteiger charge is 2.05. The molecule has 0 saturated heterocycles. The number of aryl methyl sites for hydroxylation is 1. The molecular formula is C15H17O2P. The van der Waals surface area contributed by atoms with Gasteiger partial charge in [-0.1, -0.05) is 24.3 Å². The molecule has 0 heterocycles. The van der Waals surface area contributed by atoms with Crippen molar-refractivity contribution in [3.63, 3.8) is 0 Å². The maximum Gasteiger partial charge on any atom is 0.138 e. The highest BCUT2D eigenvalue weighted by atomic mass is 31.0. The summed E-state index contributed by atoms with van der Waals surface area (Å²) in [5.41, 5.74) is 3.81. The van der Waals surface area contributed by atoms with Gasteiger partial charge in [-0.2, -0.15) is 0 Å². The zero-order chi connectivity index (χ0) is 13.5. The maximum absolute atomic E-state index is 8.06. The molecule has 0 saturated carbocycles. The minimum absolute atomic E-state index is 0.883. The molecule has 2 rings (SSSR count). The van der Waals surface area contributed by atoms with E-state index < -0.39 is 0 Å². The fraction of sp³-hybridized carbons (Fsp3) is 0.200. The third-order valence-corrected chi connectivity index (χ3v) is 2.98. The summed E-state index contributed by atoms with van der Waals surface area (Å²) in [4.78, 5) is 0. The van der Waals surface area contributed by atoms with Crippen LogP contribution in [-0.4, -0.2) is 0 Å². The molecule has 2 nitrogen and oxygen atoms in total. The van der Waals surface area contributed by atoms with Crippen LogP contribution in [0.3, 0.4) is 0 Å². The van der Waals surface area contributed by atoms with E-state index in [2.05, 4.69) is 26.8 Å². The number of rotatable bonds is 2. The van der Waals surface area contributed by atoms with E-state index in [0.29, 0.717) is 0 Å². The Morgan fingerprint density at radius 3 is 2.06 bits per heavy atom. The molecule has 0 atom stereocenters. The first-order valence-electron chi connectivity index (χ1n) is 5.68. The minimum Gasteiger partial charge on any atom is -0.457 e. The number of hydrogen-bond donors (Lipinski definition) is 0. The molecule has 0 spiro atoms. The summed E-state index contributed by atoms with van der Waals surface area (Å²) < 4.78 is 13.9. The van der Waals surface area contributed by atoms with Gasteiger partial charge < -0.3 is 4.74 Å². The fourth-order valence-electron chi connectivity index (χ4n) is 1.66. The molecule has 94 valence electrons. The molecule has 0 aliphatic carbocycles. The SMILES string of the molecule is Cc1ccc(Oc2ccccc2)c(C)c1C.O=P. The molecule has 0 radical (unpaired) electrons. The fourth-order valence-corrected chi connectivity index (χ4v) is 1.66. The molecule has 2 aromatic carbocycles. The van der Waals surface area contributed by atoms with E-state index in [1.807, 2.05) is 36.4 Å². The Balaban J connectivity index is 0.000000771. The third kappa shape index (κ3) is 3.41. The van der Waals surface area contributed by atoms with Gasteiger partial charge in [-0.05, 0) is 55.7 Å². The quantitative estimate of drug-likeness (QED) is 0.719. The van der Waals surface area contributed by atoms with Gasteiger partial charge in [0, 0.05) is 0 Å². The second-order valence-electron chi connectivity index (χ2n) is 4.05. The van der Waals surface area contributed by atoms with Gasteiger partial charge in [0.1, 0.15) is 20.6 Å². The Morgan fingerprint density at radius 1 is 0.833 bits per heavy atom. The highest BCUT2D eigenvalue weighted by Crippen LogP contribution is 2.28. The van der Waals surface area contributed by atoms with E-state index in [4.69, 9.17) is 9.30 Å². The van der Waals surface area contributed by atoms with Gasteiger partial charge in [0.25, 0.3) is 0 Å². The molecule has 0 amide bonds. The Morgan fingerprint density at radius 2 is 1.44 bits per heavy atom. The molecule has 18 heavy (non-hydrogen) atoms. The lowest BCUT2D eigenvalue weighted by molar-refractivity contribution is 0.478. The van der Waals surface area contributed by atoms with Gasteiger partial charge in [0.15, 0.2) is 0 Å². The first-order chi connectivity index (χ1) is 8.68. The first-order valence-corrected chi connectivity index (χ1v) is 6.09. The topological polar surface area (TPSA) is 26.3 Å². The molecule has 2 aromatic rings. The average molecular weight is 260 g/mol. The van der Waals surface area contributed by atoms with Crippen molar-refractivity contribution in [2.45, 2.75) is 20.8 Å². The predicted octanol–water partition coefficient (Wildman–Crippen LogP) is 4.88. The molecule has 0 aliphatic rings. The summed E-state index contributed by atoms with van der Waals surface area (Å²) in [6, 6.07) is 14.0. The smallest absolute Gasteiger partial charge is 0.138 e. The van der Waals surface area contributed by atoms with Crippen molar-refractivity contribution in [1.82, 2.24) is 0 Å². The van der Waals surface area contributed by atoms with E-state index in [9.17, 15) is 0 Å². The van der Waals surface area contributed by atoms with E-state index in [-0.39, 0.29) is 0 Å². The van der Waals surface area contributed by atoms with Crippen LogP contribution in [0.1, 0.15) is 16.7 Å². The first kappa shape index (κ1) is 14.4. The van der Waals surface area contributed by atoms with Crippen LogP contribution < -0.4 is 4.74 Å². The van der Waals surface area contributed by atoms with Crippen LogP contribution in [0.15, 0.2) is 42.5 Å². The van der Waals surface area contributed by atoms with E-state index in [1.165, 1.54) is 16.7 Å². The summed E-state index contributed by atoms with van der Waals surface area (Å²) in [5.74, 6) is 1.82. The number of ether oxygens (including phenoxy) is 1. The Labute approximate surface area is 110 Å². The minimum atomic E-state index is 0.883. The van der Waals surface area contributed by atoms with Crippen LogP contribution in [0.4, 0.5) is 0 Å². The average Bonchev–Trinajstić information content (AvgIpc) is 2.43. The standard InChI is InChI=1S/C15H16O.HOP/c1-11-9-10-15(13(3)12(11)2)16-14-7-5-4-6-8-14;1-2/h4-10H,1-3H3;2H. The van der Waals surface area contributed by atoms with Crippen molar-refractivity contribution >= 4 is 9.12 Å². The second kappa shape index (κ2) is 6.93. The van der Waals surface area contributed by atoms with Crippen molar-refractivity contribution in [2.24, 2.45) is 0 Å². The Hall–Kier alpha value is -1.66. The van der Waals surface area contributed by atoms with Gasteiger partial charge >= 0.3 is 0 Å². The van der Waals surface area contributed by atoms with Gasteiger partial charge in [0.05, 0.1) is 0 Å². The van der Waals surface area contributed by atoms with Crippen molar-refractivity contribution in [3.8, 4) is 11.5 Å². The zero-order valence-electron chi connectivity index (χ0n) is 10.9. The Bertz CT molecular complexity index is 509. The van der Waals surface area contributed by atoms with Crippen LogP contribution in [0.2, 0.25) is 0 Å². The van der Waals surface area contributed by atoms with Crippen molar-refractivity contribution in [2.75, 3.05) is 0 Å². The van der Waals surface area contributed by atoms with Gasteiger partial charge in [-0.3, -0.25) is 4.57 Å². The van der Waals surface area contributed by atoms with Crippen LogP contribution in [-0.2, 0) is 4.57 Å². The van der Waals surface area contributed by atoms with E-state index in [1.54, 1.807) is 9.12 Å². The molecule has 0 N–H and O–H groups in total. The van der Waals surface area contributed by atoms with Crippen LogP contribution in [0, 0.1) is 20.8 Å². The zero-order valence-corrected chi connectivity index (χ0v) is 11.9. The summed E-state index contributed by atoms with van der Waals surface area (Å²) in [7, 11) is 1.72. The summed E-state index contributed by atoms with van der Waals surface area (Å²) in [6.45, 7) is 6.34. The van der Waals surface area contributed by atoms with E-state index in [0.717, 1.165) is 11.5 Å². The lowest BCUT2D eigenvalue weighted by atomic mass is 10.0. The number of para-hydroxylation sites is 1. The molecule has 0 fully saturated rings. The Kier molecular flexibility index (Phi) is 5.54. The molecule has 0 aromatic heterocycles. The molecule has 0 bridgehead atoms. The normalized spacial score (nSPS) is 9.28. The molecule has 0 aliphatic heterocycles. The van der Waals surface area contributed by atoms with Crippen molar-refractivity contribution in [3.05, 3.63) is 59.2 Å². The largest absolute Gasteiger partial charge is 0.457 e. The lowest BCUT2D eigenvalue weighted by Crippen LogP contribution is -1.92. The molecule has 0 unspecified atom stereocenters. The monoisotopic (exact) mass is 260 g/mol.